The van der Waals surface area contributed by atoms with Crippen molar-refractivity contribution in [3.8, 4) is 0 Å². The molecule has 38 heavy (non-hydrogen) atoms. The molecule has 0 saturated heterocycles. The van der Waals surface area contributed by atoms with Crippen molar-refractivity contribution >= 4 is 52.7 Å². The van der Waals surface area contributed by atoms with Gasteiger partial charge in [0.2, 0.25) is 0 Å². The van der Waals surface area contributed by atoms with Crippen molar-refractivity contribution in [3.63, 3.8) is 0 Å². The maximum absolute atomic E-state index is 13.8. The maximum Gasteiger partial charge on any atom is 0.417 e. The number of nitrogens with one attached hydrogen (secondary N) is 1. The van der Waals surface area contributed by atoms with Gasteiger partial charge in [-0.1, -0.05) is 59.1 Å². The topological polar surface area (TPSA) is 49.4 Å². The molecule has 0 aliphatic rings. The zero-order valence-corrected chi connectivity index (χ0v) is 22.4. The van der Waals surface area contributed by atoms with E-state index in [9.17, 15) is 35.9 Å². The molecule has 1 atom stereocenters. The highest BCUT2D eigenvalue weighted by molar-refractivity contribution is 6.48. The fraction of sp³-hybridized carbons (Fsp3) is 0.360. The van der Waals surface area contributed by atoms with Gasteiger partial charge in [-0.25, -0.2) is 4.79 Å². The molecule has 2 aromatic rings. The highest BCUT2D eigenvalue weighted by Crippen LogP contribution is 2.41. The predicted octanol–water partition coefficient (Wildman–Crippen LogP) is 8.65. The van der Waals surface area contributed by atoms with Crippen LogP contribution in [0, 0.1) is 0 Å². The van der Waals surface area contributed by atoms with Gasteiger partial charge in [-0.2, -0.15) is 26.3 Å². The lowest BCUT2D eigenvalue weighted by Crippen LogP contribution is -2.37. The van der Waals surface area contributed by atoms with E-state index in [4.69, 9.17) is 34.8 Å². The van der Waals surface area contributed by atoms with E-state index in [-0.39, 0.29) is 51.6 Å². The van der Waals surface area contributed by atoms with E-state index in [1.54, 1.807) is 6.92 Å². The van der Waals surface area contributed by atoms with Crippen molar-refractivity contribution < 1.29 is 35.9 Å². The van der Waals surface area contributed by atoms with Gasteiger partial charge in [0.05, 0.1) is 26.5 Å². The molecule has 0 saturated carbocycles. The third-order valence-corrected chi connectivity index (χ3v) is 6.62. The second-order valence-electron chi connectivity index (χ2n) is 8.26. The molecule has 208 valence electrons. The Hall–Kier alpha value is -2.43. The standard InChI is InChI=1S/C25H23Cl3F6N2O2/c1-3-35-23(38)36(2)10-4-5-21(37)16-8-6-14(11-18(16)25(32,33)34)7-9-17(24(29,30)31)15-12-19(26)22(28)20(27)13-15/h6-9,11-13,17H,3-5,10H2,1-2H3,(H,35,38)/b9-7+. The monoisotopic (exact) mass is 602 g/mol. The SMILES string of the molecule is CCNC(=O)N(C)CCCC(=O)c1ccc(/C=C/C(c2cc(Cl)c(Cl)c(Cl)c2)C(F)(F)F)cc1C(F)(F)F. The quantitative estimate of drug-likeness (QED) is 0.177. The third-order valence-electron chi connectivity index (χ3n) is 5.42. The third kappa shape index (κ3) is 8.54. The predicted molar refractivity (Wildman–Crippen MR) is 136 cm³/mol. The number of benzene rings is 2. The van der Waals surface area contributed by atoms with Crippen molar-refractivity contribution in [2.75, 3.05) is 20.1 Å². The summed E-state index contributed by atoms with van der Waals surface area (Å²) >= 11 is 17.5. The highest BCUT2D eigenvalue weighted by atomic mass is 35.5. The number of carbonyl (C=O) groups is 2. The van der Waals surface area contributed by atoms with E-state index < -0.39 is 35.2 Å². The van der Waals surface area contributed by atoms with Crippen molar-refractivity contribution in [2.45, 2.75) is 38.0 Å². The number of hydrogen-bond donors (Lipinski definition) is 1. The zero-order valence-electron chi connectivity index (χ0n) is 20.1. The number of nitrogens with zero attached hydrogens (tertiary/aromatic N) is 1. The lowest BCUT2D eigenvalue weighted by atomic mass is 9.95. The fourth-order valence-electron chi connectivity index (χ4n) is 3.51. The van der Waals surface area contributed by atoms with Gasteiger partial charge in [-0.3, -0.25) is 4.79 Å². The lowest BCUT2D eigenvalue weighted by Gasteiger charge is -2.19. The molecule has 1 unspecified atom stereocenters. The van der Waals surface area contributed by atoms with Gasteiger partial charge < -0.3 is 10.2 Å². The van der Waals surface area contributed by atoms with Gasteiger partial charge >= 0.3 is 18.4 Å². The first kappa shape index (κ1) is 31.8. The Morgan fingerprint density at radius 2 is 1.63 bits per heavy atom. The minimum absolute atomic E-state index is 0.116. The van der Waals surface area contributed by atoms with Crippen LogP contribution in [-0.4, -0.2) is 43.0 Å². The molecule has 1 N–H and O–H groups in total. The number of carbonyl (C=O) groups excluding carboxylic acids is 2. The van der Waals surface area contributed by atoms with Crippen molar-refractivity contribution in [1.29, 1.82) is 0 Å². The molecule has 0 heterocycles. The Bertz CT molecular complexity index is 1180. The fourth-order valence-corrected chi connectivity index (χ4v) is 4.13. The molecule has 0 spiro atoms. The maximum atomic E-state index is 13.8. The van der Waals surface area contributed by atoms with Crippen LogP contribution in [0.5, 0.6) is 0 Å². The first-order chi connectivity index (χ1) is 17.6. The molecule has 0 radical (unpaired) electrons. The molecule has 2 rings (SSSR count). The second kappa shape index (κ2) is 13.1. The van der Waals surface area contributed by atoms with Gasteiger partial charge in [0.25, 0.3) is 0 Å². The molecule has 0 aliphatic heterocycles. The smallest absolute Gasteiger partial charge is 0.338 e. The summed E-state index contributed by atoms with van der Waals surface area (Å²) in [6.07, 6.45) is -8.36. The van der Waals surface area contributed by atoms with Crippen LogP contribution in [0.1, 0.15) is 52.7 Å². The molecular weight excluding hydrogens is 581 g/mol. The molecule has 4 nitrogen and oxygen atoms in total. The summed E-state index contributed by atoms with van der Waals surface area (Å²) in [7, 11) is 1.48. The Morgan fingerprint density at radius 1 is 1.03 bits per heavy atom. The van der Waals surface area contributed by atoms with E-state index in [1.807, 2.05) is 0 Å². The number of halogens is 9. The molecule has 0 bridgehead atoms. The first-order valence-corrected chi connectivity index (χ1v) is 12.3. The number of Topliss-reactive ketones (excluding diaryl/α,β-unsaturated/α-hetero) is 1. The number of alkyl halides is 6. The van der Waals surface area contributed by atoms with E-state index in [0.717, 1.165) is 30.3 Å². The average Bonchev–Trinajstić information content (AvgIpc) is 2.81. The van der Waals surface area contributed by atoms with E-state index >= 15 is 0 Å². The molecule has 0 fully saturated rings. The van der Waals surface area contributed by atoms with Crippen LogP contribution in [0.2, 0.25) is 15.1 Å². The molecule has 13 heteroatoms. The Morgan fingerprint density at radius 3 is 2.16 bits per heavy atom. The Balaban J connectivity index is 2.32. The van der Waals surface area contributed by atoms with Crippen molar-refractivity contribution in [2.24, 2.45) is 0 Å². The van der Waals surface area contributed by atoms with Crippen molar-refractivity contribution in [3.05, 3.63) is 73.7 Å². The summed E-state index contributed by atoms with van der Waals surface area (Å²) in [5.74, 6) is -3.05. The van der Waals surface area contributed by atoms with E-state index in [1.165, 1.54) is 11.9 Å². The first-order valence-electron chi connectivity index (χ1n) is 11.2. The molecule has 2 aromatic carbocycles. The minimum Gasteiger partial charge on any atom is -0.338 e. The van der Waals surface area contributed by atoms with Gasteiger partial charge in [0, 0.05) is 32.1 Å². The zero-order chi connectivity index (χ0) is 28.8. The minimum atomic E-state index is -4.94. The summed E-state index contributed by atoms with van der Waals surface area (Å²) in [4.78, 5) is 25.6. The van der Waals surface area contributed by atoms with E-state index in [2.05, 4.69) is 5.32 Å². The molecular formula is C25H23Cl3F6N2O2. The summed E-state index contributed by atoms with van der Waals surface area (Å²) in [6, 6.07) is 4.23. The van der Waals surface area contributed by atoms with Crippen LogP contribution in [0.15, 0.2) is 36.4 Å². The molecule has 0 aromatic heterocycles. The largest absolute Gasteiger partial charge is 0.417 e. The number of rotatable bonds is 9. The number of amides is 2. The molecule has 2 amide bonds. The van der Waals surface area contributed by atoms with Gasteiger partial charge in [-0.15, -0.1) is 0 Å². The Labute approximate surface area is 230 Å². The summed E-state index contributed by atoms with van der Waals surface area (Å²) in [5, 5.41) is 2.00. The number of ketones is 1. The van der Waals surface area contributed by atoms with Gasteiger partial charge in [0.15, 0.2) is 5.78 Å². The van der Waals surface area contributed by atoms with E-state index in [0.29, 0.717) is 18.7 Å². The number of urea groups is 1. The van der Waals surface area contributed by atoms with Crippen LogP contribution in [0.3, 0.4) is 0 Å². The number of allylic oxidation sites excluding steroid dienone is 1. The van der Waals surface area contributed by atoms with Crippen LogP contribution >= 0.6 is 34.8 Å². The van der Waals surface area contributed by atoms with Gasteiger partial charge in [-0.05, 0) is 42.7 Å². The average molecular weight is 604 g/mol. The summed E-state index contributed by atoms with van der Waals surface area (Å²) in [6.45, 7) is 2.25. The normalized spacial score (nSPS) is 13.0. The van der Waals surface area contributed by atoms with Gasteiger partial charge in [0.1, 0.15) is 0 Å². The number of hydrogen-bond acceptors (Lipinski definition) is 2. The van der Waals surface area contributed by atoms with Crippen LogP contribution < -0.4 is 5.32 Å². The van der Waals surface area contributed by atoms with Crippen LogP contribution in [0.4, 0.5) is 31.1 Å². The second-order valence-corrected chi connectivity index (χ2v) is 9.46. The lowest BCUT2D eigenvalue weighted by molar-refractivity contribution is -0.139. The van der Waals surface area contributed by atoms with Crippen LogP contribution in [0.25, 0.3) is 6.08 Å². The Kier molecular flexibility index (Phi) is 10.9. The summed E-state index contributed by atoms with van der Waals surface area (Å²) in [5.41, 5.74) is -2.44. The molecule has 0 aliphatic carbocycles. The summed E-state index contributed by atoms with van der Waals surface area (Å²) < 4.78 is 82.5. The van der Waals surface area contributed by atoms with Crippen molar-refractivity contribution in [1.82, 2.24) is 10.2 Å². The van der Waals surface area contributed by atoms with Crippen LogP contribution in [-0.2, 0) is 6.18 Å². The highest BCUT2D eigenvalue weighted by Gasteiger charge is 2.40.